The molecule has 140 valence electrons. The van der Waals surface area contributed by atoms with Crippen LogP contribution in [0.4, 0.5) is 5.69 Å². The summed E-state index contributed by atoms with van der Waals surface area (Å²) in [6.07, 6.45) is 3.24. The van der Waals surface area contributed by atoms with Gasteiger partial charge in [0.15, 0.2) is 0 Å². The molecular weight excluding hydrogens is 324 g/mol. The van der Waals surface area contributed by atoms with E-state index < -0.39 is 0 Å². The Morgan fingerprint density at radius 1 is 1.31 bits per heavy atom. The number of piperidine rings is 1. The number of para-hydroxylation sites is 1. The number of nitrogens with zero attached hydrogens (tertiary/aromatic N) is 3. The first kappa shape index (κ1) is 18.6. The Morgan fingerprint density at radius 3 is 2.73 bits per heavy atom. The minimum atomic E-state index is 0.107. The van der Waals surface area contributed by atoms with Crippen LogP contribution in [0.3, 0.4) is 0 Å². The van der Waals surface area contributed by atoms with Crippen molar-refractivity contribution in [1.29, 1.82) is 0 Å². The van der Waals surface area contributed by atoms with Crippen molar-refractivity contribution in [3.05, 3.63) is 36.0 Å². The zero-order valence-corrected chi connectivity index (χ0v) is 16.2. The van der Waals surface area contributed by atoms with Crippen LogP contribution in [0.15, 0.2) is 30.3 Å². The number of nitrogens with one attached hydrogen (secondary N) is 1. The number of fused-ring (bicyclic) bond motifs is 1. The first-order valence-electron chi connectivity index (χ1n) is 9.63. The number of aryl methyl sites for hydroxylation is 1. The monoisotopic (exact) mass is 354 g/mol. The average Bonchev–Trinajstić information content (AvgIpc) is 2.68. The lowest BCUT2D eigenvalue weighted by Gasteiger charge is -2.34. The highest BCUT2D eigenvalue weighted by atomic mass is 16.1. The lowest BCUT2D eigenvalue weighted by Crippen LogP contribution is -2.42. The summed E-state index contributed by atoms with van der Waals surface area (Å²) in [5.41, 5.74) is 3.50. The first-order valence-corrected chi connectivity index (χ1v) is 9.63. The molecule has 5 heteroatoms. The minimum Gasteiger partial charge on any atom is -0.374 e. The maximum Gasteiger partial charge on any atom is 0.233 e. The van der Waals surface area contributed by atoms with Gasteiger partial charge in [0.2, 0.25) is 5.91 Å². The highest BCUT2D eigenvalue weighted by molar-refractivity contribution is 5.91. The number of anilines is 1. The van der Waals surface area contributed by atoms with Crippen LogP contribution in [-0.4, -0.2) is 56.1 Å². The third kappa shape index (κ3) is 4.33. The number of rotatable bonds is 6. The van der Waals surface area contributed by atoms with Gasteiger partial charge in [0.05, 0.1) is 12.1 Å². The summed E-state index contributed by atoms with van der Waals surface area (Å²) in [4.78, 5) is 20.9. The number of aromatic nitrogens is 1. The molecule has 1 saturated heterocycles. The van der Waals surface area contributed by atoms with Crippen molar-refractivity contribution >= 4 is 22.5 Å². The third-order valence-corrected chi connectivity index (χ3v) is 5.41. The van der Waals surface area contributed by atoms with Crippen molar-refractivity contribution in [2.45, 2.75) is 26.2 Å². The molecule has 0 spiro atoms. The Labute approximate surface area is 156 Å². The van der Waals surface area contributed by atoms with Gasteiger partial charge in [-0.05, 0) is 50.4 Å². The Morgan fingerprint density at radius 2 is 2.04 bits per heavy atom. The number of carbonyl (C=O) groups is 1. The molecule has 5 nitrogen and oxygen atoms in total. The van der Waals surface area contributed by atoms with E-state index in [4.69, 9.17) is 4.98 Å². The van der Waals surface area contributed by atoms with Crippen LogP contribution in [0.25, 0.3) is 10.9 Å². The third-order valence-electron chi connectivity index (χ3n) is 5.41. The Bertz CT molecular complexity index is 753. The number of pyridine rings is 1. The van der Waals surface area contributed by atoms with Crippen LogP contribution in [-0.2, 0) is 11.2 Å². The van der Waals surface area contributed by atoms with E-state index in [-0.39, 0.29) is 5.91 Å². The molecule has 2 aromatic rings. The fourth-order valence-electron chi connectivity index (χ4n) is 3.80. The van der Waals surface area contributed by atoms with Gasteiger partial charge in [0.25, 0.3) is 0 Å². The molecule has 0 unspecified atom stereocenters. The smallest absolute Gasteiger partial charge is 0.233 e. The topological polar surface area (TPSA) is 48.5 Å². The van der Waals surface area contributed by atoms with Gasteiger partial charge in [-0.25, -0.2) is 0 Å². The van der Waals surface area contributed by atoms with Crippen LogP contribution < -0.4 is 10.2 Å². The van der Waals surface area contributed by atoms with Crippen LogP contribution in [0, 0.1) is 5.92 Å². The van der Waals surface area contributed by atoms with E-state index in [9.17, 15) is 4.79 Å². The molecule has 1 fully saturated rings. The standard InChI is InChI=1S/C21H30N4O/c1-4-17-13-20(18-7-5-6-8-19(18)23-17)24(3)14-16-9-11-25(12-10-16)15-21(26)22-2/h5-8,13,16H,4,9-12,14-15H2,1-3H3,(H,22,26). The van der Waals surface area contributed by atoms with Gasteiger partial charge in [-0.15, -0.1) is 0 Å². The average molecular weight is 354 g/mol. The largest absolute Gasteiger partial charge is 0.374 e. The number of hydrogen-bond donors (Lipinski definition) is 1. The Kier molecular flexibility index (Phi) is 6.09. The molecule has 0 radical (unpaired) electrons. The molecule has 1 amide bonds. The Balaban J connectivity index is 1.67. The number of likely N-dealkylation sites (tertiary alicyclic amines) is 1. The molecule has 1 aromatic heterocycles. The number of benzene rings is 1. The van der Waals surface area contributed by atoms with Gasteiger partial charge >= 0.3 is 0 Å². The van der Waals surface area contributed by atoms with E-state index in [1.165, 1.54) is 11.1 Å². The maximum atomic E-state index is 11.5. The zero-order valence-electron chi connectivity index (χ0n) is 16.2. The summed E-state index contributed by atoms with van der Waals surface area (Å²) in [5, 5.41) is 3.94. The van der Waals surface area contributed by atoms with E-state index in [1.807, 2.05) is 0 Å². The molecule has 26 heavy (non-hydrogen) atoms. The van der Waals surface area contributed by atoms with Gasteiger partial charge < -0.3 is 10.2 Å². The SMILES string of the molecule is CCc1cc(N(C)CC2CCN(CC(=O)NC)CC2)c2ccccc2n1. The highest BCUT2D eigenvalue weighted by Gasteiger charge is 2.22. The number of likely N-dealkylation sites (N-methyl/N-ethyl adjacent to an activating group) is 1. The normalized spacial score (nSPS) is 16.0. The quantitative estimate of drug-likeness (QED) is 0.866. The lowest BCUT2D eigenvalue weighted by molar-refractivity contribution is -0.122. The van der Waals surface area contributed by atoms with Gasteiger partial charge in [0.1, 0.15) is 0 Å². The maximum absolute atomic E-state index is 11.5. The van der Waals surface area contributed by atoms with Crippen LogP contribution in [0.1, 0.15) is 25.5 Å². The van der Waals surface area contributed by atoms with Gasteiger partial charge in [0, 0.05) is 37.4 Å². The molecule has 0 saturated carbocycles. The summed E-state index contributed by atoms with van der Waals surface area (Å²) in [7, 11) is 3.89. The molecule has 1 aromatic carbocycles. The summed E-state index contributed by atoms with van der Waals surface area (Å²) in [6, 6.07) is 10.6. The number of carbonyl (C=O) groups excluding carboxylic acids is 1. The van der Waals surface area contributed by atoms with E-state index in [1.54, 1.807) is 7.05 Å². The zero-order chi connectivity index (χ0) is 18.5. The van der Waals surface area contributed by atoms with Crippen LogP contribution in [0.5, 0.6) is 0 Å². The molecule has 0 aliphatic carbocycles. The van der Waals surface area contributed by atoms with Crippen molar-refractivity contribution in [2.24, 2.45) is 5.92 Å². The van der Waals surface area contributed by atoms with Crippen molar-refractivity contribution in [2.75, 3.05) is 45.2 Å². The fraction of sp³-hybridized carbons (Fsp3) is 0.524. The minimum absolute atomic E-state index is 0.107. The van der Waals surface area contributed by atoms with Crippen molar-refractivity contribution in [3.8, 4) is 0 Å². The second-order valence-corrected chi connectivity index (χ2v) is 7.28. The van der Waals surface area contributed by atoms with Crippen LogP contribution in [0.2, 0.25) is 0 Å². The molecular formula is C21H30N4O. The predicted octanol–water partition coefficient (Wildman–Crippen LogP) is 2.69. The summed E-state index contributed by atoms with van der Waals surface area (Å²) in [5.74, 6) is 0.772. The van der Waals surface area contributed by atoms with Crippen molar-refractivity contribution in [3.63, 3.8) is 0 Å². The molecule has 0 atom stereocenters. The molecule has 1 aliphatic heterocycles. The molecule has 3 rings (SSSR count). The second-order valence-electron chi connectivity index (χ2n) is 7.28. The fourth-order valence-corrected chi connectivity index (χ4v) is 3.80. The second kappa shape index (κ2) is 8.49. The van der Waals surface area contributed by atoms with Gasteiger partial charge in [-0.2, -0.15) is 0 Å². The van der Waals surface area contributed by atoms with E-state index in [0.717, 1.165) is 50.1 Å². The first-order chi connectivity index (χ1) is 12.6. The van der Waals surface area contributed by atoms with E-state index >= 15 is 0 Å². The summed E-state index contributed by atoms with van der Waals surface area (Å²) >= 11 is 0. The summed E-state index contributed by atoms with van der Waals surface area (Å²) < 4.78 is 0. The Hall–Kier alpha value is -2.14. The van der Waals surface area contributed by atoms with Gasteiger partial charge in [-0.3, -0.25) is 14.7 Å². The van der Waals surface area contributed by atoms with Gasteiger partial charge in [-0.1, -0.05) is 25.1 Å². The number of hydrogen-bond acceptors (Lipinski definition) is 4. The predicted molar refractivity (Wildman–Crippen MR) is 108 cm³/mol. The van der Waals surface area contributed by atoms with E-state index in [2.05, 4.69) is 59.4 Å². The molecule has 0 bridgehead atoms. The van der Waals surface area contributed by atoms with Crippen LogP contribution >= 0.6 is 0 Å². The molecule has 2 heterocycles. The van der Waals surface area contributed by atoms with Crippen molar-refractivity contribution < 1.29 is 4.79 Å². The van der Waals surface area contributed by atoms with Crippen molar-refractivity contribution in [1.82, 2.24) is 15.2 Å². The molecule has 1 N–H and O–H groups in total. The number of amides is 1. The van der Waals surface area contributed by atoms with E-state index in [0.29, 0.717) is 12.5 Å². The molecule has 1 aliphatic rings. The summed E-state index contributed by atoms with van der Waals surface area (Å²) in [6.45, 7) is 5.73. The highest BCUT2D eigenvalue weighted by Crippen LogP contribution is 2.28. The lowest BCUT2D eigenvalue weighted by atomic mass is 9.96.